The van der Waals surface area contributed by atoms with Gasteiger partial charge in [-0.25, -0.2) is 0 Å². The summed E-state index contributed by atoms with van der Waals surface area (Å²) in [5, 5.41) is 8.78. The molecule has 86 valence electrons. The van der Waals surface area contributed by atoms with E-state index in [0.717, 1.165) is 12.8 Å². The summed E-state index contributed by atoms with van der Waals surface area (Å²) in [5.41, 5.74) is 4.58. The number of nitrogens with two attached hydrogens (primary N) is 1. The lowest BCUT2D eigenvalue weighted by Crippen LogP contribution is -2.45. The number of hydrogen-bond donors (Lipinski definition) is 1. The Morgan fingerprint density at radius 1 is 1.40 bits per heavy atom. The number of halogens is 3. The van der Waals surface area contributed by atoms with Gasteiger partial charge in [-0.3, -0.25) is 0 Å². The minimum atomic E-state index is -4.22. The lowest BCUT2D eigenvalue weighted by atomic mass is 9.98. The largest absolute Gasteiger partial charge is 0.391 e. The van der Waals surface area contributed by atoms with Crippen LogP contribution in [0.25, 0.3) is 0 Å². The quantitative estimate of drug-likeness (QED) is 0.718. The van der Waals surface area contributed by atoms with Crippen LogP contribution in [0.1, 0.15) is 19.3 Å². The number of ether oxygens (including phenoxy) is 1. The van der Waals surface area contributed by atoms with Crippen LogP contribution in [0.4, 0.5) is 13.2 Å². The van der Waals surface area contributed by atoms with E-state index in [0.29, 0.717) is 0 Å². The van der Waals surface area contributed by atoms with Gasteiger partial charge in [0.25, 0.3) is 0 Å². The SMILES string of the molecule is N#CC(N)(COCCC(F)(F)F)C1CC1. The summed E-state index contributed by atoms with van der Waals surface area (Å²) < 4.78 is 40.1. The molecule has 1 saturated carbocycles. The Balaban J connectivity index is 2.22. The summed E-state index contributed by atoms with van der Waals surface area (Å²) in [7, 11) is 0. The van der Waals surface area contributed by atoms with E-state index in [9.17, 15) is 13.2 Å². The molecule has 1 unspecified atom stereocenters. The van der Waals surface area contributed by atoms with Crippen molar-refractivity contribution < 1.29 is 17.9 Å². The fourth-order valence-electron chi connectivity index (χ4n) is 1.27. The summed E-state index contributed by atoms with van der Waals surface area (Å²) in [6.45, 7) is -0.554. The predicted octanol–water partition coefficient (Wildman–Crippen LogP) is 1.59. The molecule has 1 aliphatic carbocycles. The van der Waals surface area contributed by atoms with Crippen molar-refractivity contribution in [3.63, 3.8) is 0 Å². The summed E-state index contributed by atoms with van der Waals surface area (Å²) in [5.74, 6) is 0.0772. The zero-order chi connectivity index (χ0) is 11.5. The number of nitriles is 1. The first-order valence-electron chi connectivity index (χ1n) is 4.72. The van der Waals surface area contributed by atoms with Gasteiger partial charge in [-0.15, -0.1) is 0 Å². The highest BCUT2D eigenvalue weighted by Gasteiger charge is 2.43. The van der Waals surface area contributed by atoms with Crippen molar-refractivity contribution in [3.05, 3.63) is 0 Å². The van der Waals surface area contributed by atoms with Crippen LogP contribution in [-0.2, 0) is 4.74 Å². The Hall–Kier alpha value is -0.800. The van der Waals surface area contributed by atoms with Gasteiger partial charge in [0, 0.05) is 0 Å². The zero-order valence-corrected chi connectivity index (χ0v) is 8.18. The summed E-state index contributed by atoms with van der Waals surface area (Å²) in [6, 6.07) is 1.91. The lowest BCUT2D eigenvalue weighted by molar-refractivity contribution is -0.146. The minimum Gasteiger partial charge on any atom is -0.378 e. The van der Waals surface area contributed by atoms with E-state index in [2.05, 4.69) is 0 Å². The monoisotopic (exact) mass is 222 g/mol. The second-order valence-corrected chi connectivity index (χ2v) is 3.84. The van der Waals surface area contributed by atoms with Gasteiger partial charge in [-0.1, -0.05) is 0 Å². The average molecular weight is 222 g/mol. The molecule has 15 heavy (non-hydrogen) atoms. The maximum Gasteiger partial charge on any atom is 0.391 e. The van der Waals surface area contributed by atoms with Crippen LogP contribution in [0, 0.1) is 17.2 Å². The van der Waals surface area contributed by atoms with E-state index in [1.807, 2.05) is 6.07 Å². The van der Waals surface area contributed by atoms with Gasteiger partial charge in [-0.2, -0.15) is 18.4 Å². The molecule has 0 aromatic heterocycles. The second kappa shape index (κ2) is 4.37. The van der Waals surface area contributed by atoms with Gasteiger partial charge in [0.2, 0.25) is 0 Å². The van der Waals surface area contributed by atoms with Crippen LogP contribution in [0.2, 0.25) is 0 Å². The summed E-state index contributed by atoms with van der Waals surface area (Å²) >= 11 is 0. The molecule has 0 spiro atoms. The first kappa shape index (κ1) is 12.3. The molecule has 6 heteroatoms. The molecular formula is C9H13F3N2O. The van der Waals surface area contributed by atoms with Gasteiger partial charge in [0.15, 0.2) is 0 Å². The highest BCUT2D eigenvalue weighted by molar-refractivity contribution is 5.13. The molecule has 0 saturated heterocycles. The number of hydrogen-bond acceptors (Lipinski definition) is 3. The van der Waals surface area contributed by atoms with Gasteiger partial charge in [0.1, 0.15) is 5.54 Å². The van der Waals surface area contributed by atoms with Crippen LogP contribution in [0.15, 0.2) is 0 Å². The van der Waals surface area contributed by atoms with Crippen molar-refractivity contribution >= 4 is 0 Å². The lowest BCUT2D eigenvalue weighted by Gasteiger charge is -2.20. The van der Waals surface area contributed by atoms with Crippen LogP contribution >= 0.6 is 0 Å². The Kier molecular flexibility index (Phi) is 3.58. The van der Waals surface area contributed by atoms with Gasteiger partial charge in [-0.05, 0) is 18.8 Å². The summed E-state index contributed by atoms with van der Waals surface area (Å²) in [4.78, 5) is 0. The van der Waals surface area contributed by atoms with E-state index >= 15 is 0 Å². The van der Waals surface area contributed by atoms with E-state index in [-0.39, 0.29) is 12.5 Å². The minimum absolute atomic E-state index is 0.0772. The first-order valence-corrected chi connectivity index (χ1v) is 4.72. The van der Waals surface area contributed by atoms with Gasteiger partial charge < -0.3 is 10.5 Å². The normalized spacial score (nSPS) is 20.7. The van der Waals surface area contributed by atoms with Crippen molar-refractivity contribution in [1.29, 1.82) is 5.26 Å². The van der Waals surface area contributed by atoms with Crippen LogP contribution < -0.4 is 5.73 Å². The molecular weight excluding hydrogens is 209 g/mol. The topological polar surface area (TPSA) is 59.0 Å². The molecule has 1 aliphatic rings. The van der Waals surface area contributed by atoms with Gasteiger partial charge >= 0.3 is 6.18 Å². The van der Waals surface area contributed by atoms with Crippen molar-refractivity contribution in [3.8, 4) is 6.07 Å². The smallest absolute Gasteiger partial charge is 0.378 e. The average Bonchev–Trinajstić information content (AvgIpc) is 2.93. The molecule has 1 rings (SSSR count). The van der Waals surface area contributed by atoms with Crippen LogP contribution in [0.3, 0.4) is 0 Å². The standard InChI is InChI=1S/C9H13F3N2O/c10-9(11,12)3-4-15-6-8(14,5-13)7-1-2-7/h7H,1-4,6,14H2. The van der Waals surface area contributed by atoms with Crippen LogP contribution in [0.5, 0.6) is 0 Å². The Morgan fingerprint density at radius 3 is 2.40 bits per heavy atom. The number of alkyl halides is 3. The Bertz CT molecular complexity index is 257. The molecule has 0 bridgehead atoms. The third-order valence-corrected chi connectivity index (χ3v) is 2.38. The molecule has 1 atom stereocenters. The molecule has 0 aliphatic heterocycles. The van der Waals surface area contributed by atoms with Crippen molar-refractivity contribution in [1.82, 2.24) is 0 Å². The third-order valence-electron chi connectivity index (χ3n) is 2.38. The molecule has 3 nitrogen and oxygen atoms in total. The van der Waals surface area contributed by atoms with E-state index in [1.165, 1.54) is 0 Å². The molecule has 1 fully saturated rings. The molecule has 0 aromatic carbocycles. The number of rotatable bonds is 5. The molecule has 0 aromatic rings. The Labute approximate surface area is 86.0 Å². The van der Waals surface area contributed by atoms with Crippen molar-refractivity contribution in [2.24, 2.45) is 11.7 Å². The molecule has 0 amide bonds. The molecule has 0 heterocycles. The highest BCUT2D eigenvalue weighted by atomic mass is 19.4. The Morgan fingerprint density at radius 2 is 2.00 bits per heavy atom. The molecule has 2 N–H and O–H groups in total. The molecule has 0 radical (unpaired) electrons. The highest BCUT2D eigenvalue weighted by Crippen LogP contribution is 2.38. The third kappa shape index (κ3) is 4.06. The summed E-state index contributed by atoms with van der Waals surface area (Å²) in [6.07, 6.45) is -3.51. The zero-order valence-electron chi connectivity index (χ0n) is 8.18. The van der Waals surface area contributed by atoms with E-state index in [4.69, 9.17) is 15.7 Å². The fraction of sp³-hybridized carbons (Fsp3) is 0.889. The maximum absolute atomic E-state index is 11.8. The van der Waals surface area contributed by atoms with Gasteiger partial charge in [0.05, 0.1) is 25.7 Å². The first-order chi connectivity index (χ1) is 6.87. The van der Waals surface area contributed by atoms with Crippen molar-refractivity contribution in [2.45, 2.75) is 31.0 Å². The van der Waals surface area contributed by atoms with E-state index < -0.39 is 24.7 Å². The maximum atomic E-state index is 11.8. The fourth-order valence-corrected chi connectivity index (χ4v) is 1.27. The predicted molar refractivity (Wildman–Crippen MR) is 46.7 cm³/mol. The van der Waals surface area contributed by atoms with Crippen LogP contribution in [-0.4, -0.2) is 24.9 Å². The number of nitrogens with zero attached hydrogens (tertiary/aromatic N) is 1. The van der Waals surface area contributed by atoms with E-state index in [1.54, 1.807) is 0 Å². The van der Waals surface area contributed by atoms with Crippen molar-refractivity contribution in [2.75, 3.05) is 13.2 Å². The second-order valence-electron chi connectivity index (χ2n) is 3.84.